The summed E-state index contributed by atoms with van der Waals surface area (Å²) in [6.07, 6.45) is 5.43. The molecule has 0 fully saturated rings. The van der Waals surface area contributed by atoms with E-state index >= 15 is 0 Å². The molecule has 3 heteroatoms. The number of fused-ring (bicyclic) bond motifs is 1. The Morgan fingerprint density at radius 1 is 1.04 bits per heavy atom. The van der Waals surface area contributed by atoms with E-state index in [-0.39, 0.29) is 0 Å². The van der Waals surface area contributed by atoms with Crippen LogP contribution in [0, 0.1) is 0 Å². The Morgan fingerprint density at radius 3 is 2.78 bits per heavy atom. The van der Waals surface area contributed by atoms with Crippen LogP contribution in [0.15, 0.2) is 73.6 Å². The molecule has 1 N–H and O–H groups in total. The molecule has 3 aromatic rings. The summed E-state index contributed by atoms with van der Waals surface area (Å²) in [6.45, 7) is 5.74. The normalized spacial score (nSPS) is 10.6. The standard InChI is InChI=1S/C20H20N2O/c1-2-12-23-20-10-9-17-7-3-4-8-18(17)19(20)15-22-14-16-6-5-11-21-13-16/h2-11,13,22H,1,12,14-15H2. The minimum atomic E-state index is 0.508. The Morgan fingerprint density at radius 2 is 1.96 bits per heavy atom. The molecule has 23 heavy (non-hydrogen) atoms. The average molecular weight is 304 g/mol. The van der Waals surface area contributed by atoms with Crippen molar-refractivity contribution in [1.29, 1.82) is 0 Å². The van der Waals surface area contributed by atoms with Crippen molar-refractivity contribution in [3.63, 3.8) is 0 Å². The molecule has 3 rings (SSSR count). The highest BCUT2D eigenvalue weighted by Gasteiger charge is 2.08. The molecule has 116 valence electrons. The van der Waals surface area contributed by atoms with E-state index in [4.69, 9.17) is 4.74 Å². The number of rotatable bonds is 7. The van der Waals surface area contributed by atoms with Gasteiger partial charge in [0.05, 0.1) is 0 Å². The lowest BCUT2D eigenvalue weighted by Crippen LogP contribution is -2.14. The van der Waals surface area contributed by atoms with Gasteiger partial charge in [0.2, 0.25) is 0 Å². The summed E-state index contributed by atoms with van der Waals surface area (Å²) in [4.78, 5) is 4.14. The van der Waals surface area contributed by atoms with Crippen molar-refractivity contribution in [1.82, 2.24) is 10.3 Å². The first-order chi connectivity index (χ1) is 11.4. The lowest BCUT2D eigenvalue weighted by atomic mass is 10.0. The van der Waals surface area contributed by atoms with Gasteiger partial charge in [-0.25, -0.2) is 0 Å². The SMILES string of the molecule is C=CCOc1ccc2ccccc2c1CNCc1cccnc1. The monoisotopic (exact) mass is 304 g/mol. The van der Waals surface area contributed by atoms with Crippen LogP contribution in [-0.4, -0.2) is 11.6 Å². The topological polar surface area (TPSA) is 34.1 Å². The zero-order valence-electron chi connectivity index (χ0n) is 13.0. The second-order valence-electron chi connectivity index (χ2n) is 5.33. The van der Waals surface area contributed by atoms with Crippen molar-refractivity contribution in [2.45, 2.75) is 13.1 Å². The number of benzene rings is 2. The van der Waals surface area contributed by atoms with Gasteiger partial charge in [-0.3, -0.25) is 4.98 Å². The number of hydrogen-bond acceptors (Lipinski definition) is 3. The molecule has 0 amide bonds. The minimum Gasteiger partial charge on any atom is -0.489 e. The first-order valence-corrected chi connectivity index (χ1v) is 7.72. The molecule has 3 nitrogen and oxygen atoms in total. The van der Waals surface area contributed by atoms with Gasteiger partial charge in [0.1, 0.15) is 12.4 Å². The van der Waals surface area contributed by atoms with Crippen LogP contribution in [-0.2, 0) is 13.1 Å². The van der Waals surface area contributed by atoms with Crippen molar-refractivity contribution in [3.05, 3.63) is 84.7 Å². The molecule has 0 unspecified atom stereocenters. The van der Waals surface area contributed by atoms with Gasteiger partial charge in [0, 0.05) is 31.0 Å². The van der Waals surface area contributed by atoms with Crippen LogP contribution in [0.25, 0.3) is 10.8 Å². The van der Waals surface area contributed by atoms with Gasteiger partial charge < -0.3 is 10.1 Å². The highest BCUT2D eigenvalue weighted by molar-refractivity contribution is 5.87. The van der Waals surface area contributed by atoms with Crippen molar-refractivity contribution in [2.24, 2.45) is 0 Å². The average Bonchev–Trinajstić information content (AvgIpc) is 2.61. The van der Waals surface area contributed by atoms with Crippen LogP contribution in [0.2, 0.25) is 0 Å². The number of pyridine rings is 1. The van der Waals surface area contributed by atoms with Crippen LogP contribution in [0.1, 0.15) is 11.1 Å². The number of ether oxygens (including phenoxy) is 1. The van der Waals surface area contributed by atoms with Gasteiger partial charge >= 0.3 is 0 Å². The lowest BCUT2D eigenvalue weighted by Gasteiger charge is -2.14. The molecule has 2 aromatic carbocycles. The molecule has 0 spiro atoms. The van der Waals surface area contributed by atoms with E-state index < -0.39 is 0 Å². The molecule has 0 saturated carbocycles. The van der Waals surface area contributed by atoms with Gasteiger partial charge in [-0.15, -0.1) is 0 Å². The maximum absolute atomic E-state index is 5.83. The van der Waals surface area contributed by atoms with Crippen molar-refractivity contribution >= 4 is 10.8 Å². The molecule has 0 atom stereocenters. The highest BCUT2D eigenvalue weighted by atomic mass is 16.5. The molecule has 1 aromatic heterocycles. The van der Waals surface area contributed by atoms with Gasteiger partial charge in [0.25, 0.3) is 0 Å². The minimum absolute atomic E-state index is 0.508. The third kappa shape index (κ3) is 3.76. The van der Waals surface area contributed by atoms with Crippen LogP contribution >= 0.6 is 0 Å². The Balaban J connectivity index is 1.82. The third-order valence-electron chi connectivity index (χ3n) is 3.71. The van der Waals surface area contributed by atoms with Crippen molar-refractivity contribution in [3.8, 4) is 5.75 Å². The van der Waals surface area contributed by atoms with E-state index in [2.05, 4.69) is 53.3 Å². The Bertz CT molecular complexity index is 784. The number of nitrogens with zero attached hydrogens (tertiary/aromatic N) is 1. The zero-order valence-corrected chi connectivity index (χ0v) is 13.0. The Labute approximate surface area is 136 Å². The molecule has 0 bridgehead atoms. The fourth-order valence-corrected chi connectivity index (χ4v) is 2.62. The molecule has 0 aliphatic heterocycles. The van der Waals surface area contributed by atoms with Gasteiger partial charge in [-0.1, -0.05) is 49.1 Å². The quantitative estimate of drug-likeness (QED) is 0.668. The predicted octanol–water partition coefficient (Wildman–Crippen LogP) is 4.09. The number of hydrogen-bond donors (Lipinski definition) is 1. The van der Waals surface area contributed by atoms with E-state index in [0.29, 0.717) is 6.61 Å². The van der Waals surface area contributed by atoms with E-state index in [1.165, 1.54) is 21.9 Å². The predicted molar refractivity (Wildman–Crippen MR) is 94.4 cm³/mol. The first kappa shape index (κ1) is 15.3. The number of nitrogens with one attached hydrogen (secondary N) is 1. The second kappa shape index (κ2) is 7.56. The fourth-order valence-electron chi connectivity index (χ4n) is 2.62. The first-order valence-electron chi connectivity index (χ1n) is 7.72. The maximum atomic E-state index is 5.83. The summed E-state index contributed by atoms with van der Waals surface area (Å²) in [6, 6.07) is 16.5. The fraction of sp³-hybridized carbons (Fsp3) is 0.150. The molecule has 0 radical (unpaired) electrons. The molecule has 0 aliphatic rings. The summed E-state index contributed by atoms with van der Waals surface area (Å²) < 4.78 is 5.83. The third-order valence-corrected chi connectivity index (χ3v) is 3.71. The summed E-state index contributed by atoms with van der Waals surface area (Å²) in [5.74, 6) is 0.905. The van der Waals surface area contributed by atoms with E-state index in [9.17, 15) is 0 Å². The van der Waals surface area contributed by atoms with Crippen LogP contribution in [0.5, 0.6) is 5.75 Å². The lowest BCUT2D eigenvalue weighted by molar-refractivity contribution is 0.358. The van der Waals surface area contributed by atoms with Crippen molar-refractivity contribution < 1.29 is 4.74 Å². The molecular formula is C20H20N2O. The molecule has 0 aliphatic carbocycles. The van der Waals surface area contributed by atoms with Crippen LogP contribution in [0.4, 0.5) is 0 Å². The van der Waals surface area contributed by atoms with Gasteiger partial charge in [-0.05, 0) is 28.5 Å². The van der Waals surface area contributed by atoms with Crippen molar-refractivity contribution in [2.75, 3.05) is 6.61 Å². The summed E-state index contributed by atoms with van der Waals surface area (Å²) in [5.41, 5.74) is 2.34. The second-order valence-corrected chi connectivity index (χ2v) is 5.33. The summed E-state index contributed by atoms with van der Waals surface area (Å²) >= 11 is 0. The summed E-state index contributed by atoms with van der Waals surface area (Å²) in [7, 11) is 0. The maximum Gasteiger partial charge on any atom is 0.124 e. The van der Waals surface area contributed by atoms with E-state index in [1.54, 1.807) is 12.3 Å². The van der Waals surface area contributed by atoms with Gasteiger partial charge in [-0.2, -0.15) is 0 Å². The molecule has 1 heterocycles. The molecular weight excluding hydrogens is 284 g/mol. The van der Waals surface area contributed by atoms with E-state index in [1.807, 2.05) is 18.3 Å². The number of aromatic nitrogens is 1. The van der Waals surface area contributed by atoms with Gasteiger partial charge in [0.15, 0.2) is 0 Å². The van der Waals surface area contributed by atoms with Crippen LogP contribution in [0.3, 0.4) is 0 Å². The zero-order chi connectivity index (χ0) is 15.9. The smallest absolute Gasteiger partial charge is 0.124 e. The molecule has 0 saturated heterocycles. The largest absolute Gasteiger partial charge is 0.489 e. The van der Waals surface area contributed by atoms with E-state index in [0.717, 1.165) is 18.8 Å². The Hall–Kier alpha value is -2.65. The summed E-state index contributed by atoms with van der Waals surface area (Å²) in [5, 5.41) is 5.92. The van der Waals surface area contributed by atoms with Crippen LogP contribution < -0.4 is 10.1 Å². The highest BCUT2D eigenvalue weighted by Crippen LogP contribution is 2.28. The Kier molecular flexibility index (Phi) is 5.02.